The number of hydrogen-bond donors (Lipinski definition) is 0. The summed E-state index contributed by atoms with van der Waals surface area (Å²) >= 11 is 2.18. The zero-order valence-corrected chi connectivity index (χ0v) is 20.3. The topological polar surface area (TPSA) is 55.2 Å². The van der Waals surface area contributed by atoms with Gasteiger partial charge in [0.15, 0.2) is 5.65 Å². The highest BCUT2D eigenvalue weighted by Crippen LogP contribution is 2.31. The Morgan fingerprint density at radius 1 is 1.00 bits per heavy atom. The van der Waals surface area contributed by atoms with E-state index in [0.29, 0.717) is 5.65 Å². The molecule has 0 spiro atoms. The Balaban J connectivity index is 1.59. The molecular formula is C24H22IN3O2S. The highest BCUT2D eigenvalue weighted by Gasteiger charge is 2.22. The van der Waals surface area contributed by atoms with Gasteiger partial charge < -0.3 is 4.90 Å². The van der Waals surface area contributed by atoms with Crippen molar-refractivity contribution in [1.82, 2.24) is 13.9 Å². The predicted molar refractivity (Wildman–Crippen MR) is 132 cm³/mol. The highest BCUT2D eigenvalue weighted by atomic mass is 127. The van der Waals surface area contributed by atoms with Crippen LogP contribution < -0.4 is 0 Å². The second-order valence-electron chi connectivity index (χ2n) is 8.16. The average molecular weight is 543 g/mol. The Bertz CT molecular complexity index is 1410. The van der Waals surface area contributed by atoms with Gasteiger partial charge in [-0.05, 0) is 83.9 Å². The summed E-state index contributed by atoms with van der Waals surface area (Å²) in [4.78, 5) is 7.17. The molecule has 1 aliphatic heterocycles. The van der Waals surface area contributed by atoms with E-state index in [1.54, 1.807) is 24.5 Å². The summed E-state index contributed by atoms with van der Waals surface area (Å²) in [5.41, 5.74) is 6.32. The molecule has 2 aromatic heterocycles. The van der Waals surface area contributed by atoms with Crippen molar-refractivity contribution in [2.75, 3.05) is 13.6 Å². The number of pyridine rings is 1. The number of hydrogen-bond acceptors (Lipinski definition) is 4. The maximum atomic E-state index is 13.2. The molecule has 0 radical (unpaired) electrons. The van der Waals surface area contributed by atoms with Crippen LogP contribution in [0.25, 0.3) is 22.2 Å². The summed E-state index contributed by atoms with van der Waals surface area (Å²) in [5.74, 6) is 0. The van der Waals surface area contributed by atoms with Crippen molar-refractivity contribution >= 4 is 43.6 Å². The Morgan fingerprint density at radius 3 is 2.55 bits per heavy atom. The van der Waals surface area contributed by atoms with Crippen LogP contribution in [0.2, 0.25) is 0 Å². The number of rotatable bonds is 3. The van der Waals surface area contributed by atoms with Gasteiger partial charge in [-0.25, -0.2) is 17.4 Å². The predicted octanol–water partition coefficient (Wildman–Crippen LogP) is 4.84. The molecule has 0 N–H and O–H groups in total. The number of benzene rings is 2. The van der Waals surface area contributed by atoms with E-state index in [4.69, 9.17) is 0 Å². The van der Waals surface area contributed by atoms with Gasteiger partial charge >= 0.3 is 0 Å². The summed E-state index contributed by atoms with van der Waals surface area (Å²) in [6, 6.07) is 15.5. The minimum Gasteiger partial charge on any atom is -0.302 e. The van der Waals surface area contributed by atoms with Crippen LogP contribution in [0.1, 0.15) is 16.7 Å². The molecule has 7 heteroatoms. The van der Waals surface area contributed by atoms with E-state index in [2.05, 4.69) is 57.7 Å². The fraction of sp³-hybridized carbons (Fsp3) is 0.208. The minimum atomic E-state index is -3.71. The van der Waals surface area contributed by atoms with Crippen molar-refractivity contribution in [1.29, 1.82) is 0 Å². The maximum absolute atomic E-state index is 13.2. The van der Waals surface area contributed by atoms with Gasteiger partial charge in [0.2, 0.25) is 0 Å². The van der Waals surface area contributed by atoms with E-state index in [-0.39, 0.29) is 4.90 Å². The standard InChI is InChI=1S/C24H22IN3O2S/c1-16-3-7-21(8-4-16)31(29,30)28-15-23(25)22-12-19(13-26-24(22)28)18-6-5-17-9-10-27(2)14-20(17)11-18/h3-8,11-13,15H,9-10,14H2,1-2H3. The Hall–Kier alpha value is -2.23. The third-order valence-electron chi connectivity index (χ3n) is 5.88. The zero-order chi connectivity index (χ0) is 21.8. The summed E-state index contributed by atoms with van der Waals surface area (Å²) in [6.45, 7) is 3.97. The number of nitrogens with zero attached hydrogens (tertiary/aromatic N) is 3. The number of fused-ring (bicyclic) bond motifs is 2. The van der Waals surface area contributed by atoms with Gasteiger partial charge in [-0.3, -0.25) is 0 Å². The van der Waals surface area contributed by atoms with Crippen LogP contribution in [0.5, 0.6) is 0 Å². The molecule has 0 amide bonds. The van der Waals surface area contributed by atoms with Crippen LogP contribution >= 0.6 is 22.6 Å². The first-order valence-corrected chi connectivity index (χ1v) is 12.6. The van der Waals surface area contributed by atoms with Crippen LogP contribution in [0.4, 0.5) is 0 Å². The van der Waals surface area contributed by atoms with Crippen molar-refractivity contribution in [3.63, 3.8) is 0 Å². The van der Waals surface area contributed by atoms with Crippen molar-refractivity contribution in [2.24, 2.45) is 0 Å². The quantitative estimate of drug-likeness (QED) is 0.347. The molecule has 2 aromatic carbocycles. The van der Waals surface area contributed by atoms with Crippen LogP contribution in [-0.2, 0) is 23.0 Å². The molecule has 0 atom stereocenters. The lowest BCUT2D eigenvalue weighted by molar-refractivity contribution is 0.313. The molecule has 5 rings (SSSR count). The number of aryl methyl sites for hydroxylation is 1. The SMILES string of the molecule is Cc1ccc(S(=O)(=O)n2cc(I)c3cc(-c4ccc5c(c4)CN(C)CC5)cnc32)cc1. The molecular weight excluding hydrogens is 521 g/mol. The van der Waals surface area contributed by atoms with E-state index in [0.717, 1.165) is 45.2 Å². The molecule has 158 valence electrons. The molecule has 31 heavy (non-hydrogen) atoms. The van der Waals surface area contributed by atoms with Crippen molar-refractivity contribution < 1.29 is 8.42 Å². The lowest BCUT2D eigenvalue weighted by Crippen LogP contribution is -2.26. The van der Waals surface area contributed by atoms with Crippen molar-refractivity contribution in [2.45, 2.75) is 24.8 Å². The molecule has 3 heterocycles. The van der Waals surface area contributed by atoms with Crippen molar-refractivity contribution in [3.05, 3.63) is 81.2 Å². The largest absolute Gasteiger partial charge is 0.302 e. The first-order chi connectivity index (χ1) is 14.8. The second kappa shape index (κ2) is 7.72. The number of halogens is 1. The van der Waals surface area contributed by atoms with Gasteiger partial charge in [-0.15, -0.1) is 0 Å². The van der Waals surface area contributed by atoms with Crippen LogP contribution in [0.3, 0.4) is 0 Å². The van der Waals surface area contributed by atoms with Crippen molar-refractivity contribution in [3.8, 4) is 11.1 Å². The molecule has 5 nitrogen and oxygen atoms in total. The van der Waals surface area contributed by atoms with Gasteiger partial charge in [0.05, 0.1) is 4.90 Å². The fourth-order valence-corrected chi connectivity index (χ4v) is 6.27. The average Bonchev–Trinajstić information content (AvgIpc) is 3.10. The summed E-state index contributed by atoms with van der Waals surface area (Å²) in [6.07, 6.45) is 4.49. The van der Waals surface area contributed by atoms with Gasteiger partial charge in [0.25, 0.3) is 10.0 Å². The maximum Gasteiger partial charge on any atom is 0.269 e. The summed E-state index contributed by atoms with van der Waals surface area (Å²) in [7, 11) is -1.57. The monoisotopic (exact) mass is 543 g/mol. The number of likely N-dealkylation sites (N-methyl/N-ethyl adjacent to an activating group) is 1. The second-order valence-corrected chi connectivity index (χ2v) is 11.1. The molecule has 0 saturated heterocycles. The van der Waals surface area contributed by atoms with Crippen LogP contribution in [0.15, 0.2) is 65.8 Å². The molecule has 1 aliphatic rings. The Morgan fingerprint density at radius 2 is 1.77 bits per heavy atom. The normalized spacial score (nSPS) is 14.7. The van der Waals surface area contributed by atoms with Gasteiger partial charge in [-0.2, -0.15) is 0 Å². The first-order valence-electron chi connectivity index (χ1n) is 10.1. The molecule has 0 fully saturated rings. The molecule has 0 bridgehead atoms. The summed E-state index contributed by atoms with van der Waals surface area (Å²) < 4.78 is 28.6. The molecule has 4 aromatic rings. The molecule has 0 aliphatic carbocycles. The third-order valence-corrected chi connectivity index (χ3v) is 8.41. The van der Waals surface area contributed by atoms with Crippen LogP contribution in [-0.4, -0.2) is 35.9 Å². The zero-order valence-electron chi connectivity index (χ0n) is 17.3. The van der Waals surface area contributed by atoms with Crippen LogP contribution in [0, 0.1) is 10.5 Å². The lowest BCUT2D eigenvalue weighted by Gasteiger charge is -2.25. The molecule has 0 unspecified atom stereocenters. The van der Waals surface area contributed by atoms with E-state index in [9.17, 15) is 8.42 Å². The molecule has 0 saturated carbocycles. The number of aromatic nitrogens is 2. The van der Waals surface area contributed by atoms with Gasteiger partial charge in [0, 0.05) is 40.0 Å². The van der Waals surface area contributed by atoms with E-state index >= 15 is 0 Å². The van der Waals surface area contributed by atoms with Gasteiger partial charge in [-0.1, -0.05) is 29.8 Å². The Labute approximate surface area is 195 Å². The van der Waals surface area contributed by atoms with E-state index < -0.39 is 10.0 Å². The van der Waals surface area contributed by atoms with E-state index in [1.165, 1.54) is 15.1 Å². The van der Waals surface area contributed by atoms with E-state index in [1.807, 2.05) is 25.1 Å². The fourth-order valence-electron chi connectivity index (χ4n) is 4.09. The minimum absolute atomic E-state index is 0.260. The Kier molecular flexibility index (Phi) is 5.15. The van der Waals surface area contributed by atoms with Gasteiger partial charge in [0.1, 0.15) is 0 Å². The highest BCUT2D eigenvalue weighted by molar-refractivity contribution is 14.1. The lowest BCUT2D eigenvalue weighted by atomic mass is 9.95. The third kappa shape index (κ3) is 3.68. The smallest absolute Gasteiger partial charge is 0.269 e. The first kappa shape index (κ1) is 20.7. The summed E-state index contributed by atoms with van der Waals surface area (Å²) in [5, 5.41) is 0.837.